The second-order valence-corrected chi connectivity index (χ2v) is 9.11. The van der Waals surface area contributed by atoms with E-state index < -0.39 is 18.0 Å². The minimum absolute atomic E-state index is 0.281. The first-order chi connectivity index (χ1) is 17.3. The van der Waals surface area contributed by atoms with E-state index in [-0.39, 0.29) is 24.3 Å². The SMILES string of the molecule is CC[C@@H](NC(=O)N1C(=O)[C@H](Cc2ccnc(N)c2)[C@H]1C(=O)N(C)c1ccccc1)c1ccc(C)cc1. The van der Waals surface area contributed by atoms with Crippen LogP contribution in [-0.4, -0.2) is 40.8 Å². The van der Waals surface area contributed by atoms with Crippen LogP contribution in [-0.2, 0) is 16.0 Å². The fourth-order valence-electron chi connectivity index (χ4n) is 4.55. The van der Waals surface area contributed by atoms with Gasteiger partial charge in [-0.1, -0.05) is 55.0 Å². The summed E-state index contributed by atoms with van der Waals surface area (Å²) in [6.07, 6.45) is 2.49. The summed E-state index contributed by atoms with van der Waals surface area (Å²) in [5.41, 5.74) is 9.34. The number of urea groups is 1. The van der Waals surface area contributed by atoms with Crippen LogP contribution in [0.15, 0.2) is 72.9 Å². The van der Waals surface area contributed by atoms with E-state index in [4.69, 9.17) is 5.73 Å². The van der Waals surface area contributed by atoms with Crippen LogP contribution in [0.4, 0.5) is 16.3 Å². The van der Waals surface area contributed by atoms with Crippen molar-refractivity contribution < 1.29 is 14.4 Å². The van der Waals surface area contributed by atoms with E-state index in [0.717, 1.165) is 21.6 Å². The van der Waals surface area contributed by atoms with Crippen molar-refractivity contribution in [2.45, 2.75) is 38.8 Å². The molecule has 2 aromatic carbocycles. The number of amides is 4. The number of likely N-dealkylation sites (tertiary alicyclic amines) is 1. The summed E-state index contributed by atoms with van der Waals surface area (Å²) in [5.74, 6) is -1.06. The Morgan fingerprint density at radius 3 is 2.44 bits per heavy atom. The van der Waals surface area contributed by atoms with E-state index in [1.807, 2.05) is 68.4 Å². The number of rotatable bonds is 7. The number of para-hydroxylation sites is 1. The van der Waals surface area contributed by atoms with Gasteiger partial charge in [0.05, 0.1) is 12.0 Å². The molecular formula is C28H31N5O3. The van der Waals surface area contributed by atoms with Crippen LogP contribution < -0.4 is 16.0 Å². The molecule has 0 bridgehead atoms. The highest BCUT2D eigenvalue weighted by Gasteiger charge is 2.55. The lowest BCUT2D eigenvalue weighted by atomic mass is 9.81. The van der Waals surface area contributed by atoms with Gasteiger partial charge in [0.25, 0.3) is 5.91 Å². The number of carbonyl (C=O) groups is 3. The average molecular weight is 486 g/mol. The minimum Gasteiger partial charge on any atom is -0.384 e. The molecule has 0 unspecified atom stereocenters. The smallest absolute Gasteiger partial charge is 0.325 e. The Morgan fingerprint density at radius 1 is 1.11 bits per heavy atom. The van der Waals surface area contributed by atoms with Crippen molar-refractivity contribution in [3.63, 3.8) is 0 Å². The van der Waals surface area contributed by atoms with E-state index in [0.29, 0.717) is 17.9 Å². The molecule has 1 fully saturated rings. The topological polar surface area (TPSA) is 109 Å². The lowest BCUT2D eigenvalue weighted by molar-refractivity contribution is -0.156. The van der Waals surface area contributed by atoms with E-state index in [9.17, 15) is 14.4 Å². The number of hydrogen-bond donors (Lipinski definition) is 2. The molecule has 2 heterocycles. The molecule has 3 N–H and O–H groups in total. The third kappa shape index (κ3) is 5.07. The number of aromatic nitrogens is 1. The standard InChI is InChI=1S/C28H31N5O3/c1-4-23(20-12-10-18(2)11-13-20)31-28(36)33-25(27(35)32(3)21-8-6-5-7-9-21)22(26(33)34)16-19-14-15-30-24(29)17-19/h5-15,17,22-23,25H,4,16H2,1-3H3,(H2,29,30)(H,31,36)/t22-,23-,25+/m1/s1. The maximum Gasteiger partial charge on any atom is 0.325 e. The zero-order valence-corrected chi connectivity index (χ0v) is 20.7. The van der Waals surface area contributed by atoms with Crippen molar-refractivity contribution in [1.82, 2.24) is 15.2 Å². The number of imide groups is 1. The molecule has 1 aromatic heterocycles. The number of nitrogen functional groups attached to an aromatic ring is 1. The summed E-state index contributed by atoms with van der Waals surface area (Å²) >= 11 is 0. The van der Waals surface area contributed by atoms with E-state index >= 15 is 0 Å². The van der Waals surface area contributed by atoms with Crippen LogP contribution >= 0.6 is 0 Å². The van der Waals surface area contributed by atoms with Crippen LogP contribution in [0, 0.1) is 12.8 Å². The number of hydrogen-bond acceptors (Lipinski definition) is 5. The Hall–Kier alpha value is -4.20. The molecule has 0 aliphatic carbocycles. The summed E-state index contributed by atoms with van der Waals surface area (Å²) in [7, 11) is 1.65. The summed E-state index contributed by atoms with van der Waals surface area (Å²) < 4.78 is 0. The molecule has 8 nitrogen and oxygen atoms in total. The number of aryl methyl sites for hydroxylation is 1. The molecule has 0 saturated carbocycles. The van der Waals surface area contributed by atoms with Crippen LogP contribution in [0.3, 0.4) is 0 Å². The van der Waals surface area contributed by atoms with Gasteiger partial charge < -0.3 is 16.0 Å². The van der Waals surface area contributed by atoms with Crippen LogP contribution in [0.5, 0.6) is 0 Å². The van der Waals surface area contributed by atoms with Gasteiger partial charge in [-0.25, -0.2) is 9.78 Å². The fourth-order valence-corrected chi connectivity index (χ4v) is 4.55. The molecule has 8 heteroatoms. The summed E-state index contributed by atoms with van der Waals surface area (Å²) in [6, 6.07) is 18.7. The van der Waals surface area contributed by atoms with Crippen LogP contribution in [0.1, 0.15) is 36.1 Å². The number of nitrogens with two attached hydrogens (primary N) is 1. The molecule has 0 spiro atoms. The maximum absolute atomic E-state index is 13.6. The first kappa shape index (κ1) is 24.9. The number of pyridine rings is 1. The average Bonchev–Trinajstić information content (AvgIpc) is 2.89. The van der Waals surface area contributed by atoms with Crippen LogP contribution in [0.25, 0.3) is 0 Å². The molecule has 1 saturated heterocycles. The van der Waals surface area contributed by atoms with E-state index in [1.54, 1.807) is 25.4 Å². The number of nitrogens with one attached hydrogen (secondary N) is 1. The van der Waals surface area contributed by atoms with E-state index in [1.165, 1.54) is 4.90 Å². The Kier molecular flexibility index (Phi) is 7.33. The molecule has 36 heavy (non-hydrogen) atoms. The third-order valence-electron chi connectivity index (χ3n) is 6.65. The fraction of sp³-hybridized carbons (Fsp3) is 0.286. The monoisotopic (exact) mass is 485 g/mol. The maximum atomic E-state index is 13.6. The third-order valence-corrected chi connectivity index (χ3v) is 6.65. The number of benzene rings is 2. The van der Waals surface area contributed by atoms with Gasteiger partial charge in [0, 0.05) is 18.9 Å². The second-order valence-electron chi connectivity index (χ2n) is 9.11. The van der Waals surface area contributed by atoms with Crippen molar-refractivity contribution in [2.75, 3.05) is 17.7 Å². The van der Waals surface area contributed by atoms with Gasteiger partial charge in [-0.3, -0.25) is 14.5 Å². The largest absolute Gasteiger partial charge is 0.384 e. The first-order valence-corrected chi connectivity index (χ1v) is 12.0. The zero-order valence-electron chi connectivity index (χ0n) is 20.7. The first-order valence-electron chi connectivity index (χ1n) is 12.0. The number of anilines is 2. The van der Waals surface area contributed by atoms with E-state index in [2.05, 4.69) is 10.3 Å². The molecular weight excluding hydrogens is 454 g/mol. The summed E-state index contributed by atoms with van der Waals surface area (Å²) in [4.78, 5) is 46.8. The van der Waals surface area contributed by atoms with Gasteiger partial charge in [-0.15, -0.1) is 0 Å². The number of likely N-dealkylation sites (N-methyl/N-ethyl adjacent to an activating group) is 1. The Bertz CT molecular complexity index is 1250. The minimum atomic E-state index is -0.937. The highest BCUT2D eigenvalue weighted by molar-refractivity contribution is 6.12. The van der Waals surface area contributed by atoms with Gasteiger partial charge in [0.2, 0.25) is 5.91 Å². The molecule has 0 radical (unpaired) electrons. The molecule has 186 valence electrons. The van der Waals surface area contributed by atoms with Crippen molar-refractivity contribution in [2.24, 2.45) is 5.92 Å². The van der Waals surface area contributed by atoms with Crippen molar-refractivity contribution in [3.8, 4) is 0 Å². The molecule has 3 atom stereocenters. The summed E-state index contributed by atoms with van der Waals surface area (Å²) in [5, 5.41) is 2.96. The zero-order chi connectivity index (χ0) is 25.8. The molecule has 3 aromatic rings. The molecule has 1 aliphatic rings. The van der Waals surface area contributed by atoms with Gasteiger partial charge in [0.1, 0.15) is 11.9 Å². The van der Waals surface area contributed by atoms with Crippen molar-refractivity contribution in [1.29, 1.82) is 0 Å². The highest BCUT2D eigenvalue weighted by Crippen LogP contribution is 2.33. The quantitative estimate of drug-likeness (QED) is 0.494. The number of carbonyl (C=O) groups excluding carboxylic acids is 3. The Morgan fingerprint density at radius 2 is 1.81 bits per heavy atom. The van der Waals surface area contributed by atoms with Gasteiger partial charge in [-0.2, -0.15) is 0 Å². The van der Waals surface area contributed by atoms with Crippen LogP contribution in [0.2, 0.25) is 0 Å². The van der Waals surface area contributed by atoms with Gasteiger partial charge in [-0.05, 0) is 55.2 Å². The summed E-state index contributed by atoms with van der Waals surface area (Å²) in [6.45, 7) is 3.96. The molecule has 1 aliphatic heterocycles. The Balaban J connectivity index is 1.59. The molecule has 4 rings (SSSR count). The van der Waals surface area contributed by atoms with Gasteiger partial charge >= 0.3 is 6.03 Å². The lowest BCUT2D eigenvalue weighted by Gasteiger charge is -2.46. The second kappa shape index (κ2) is 10.6. The predicted molar refractivity (Wildman–Crippen MR) is 139 cm³/mol. The van der Waals surface area contributed by atoms with Gasteiger partial charge in [0.15, 0.2) is 0 Å². The highest BCUT2D eigenvalue weighted by atomic mass is 16.2. The normalized spacial score (nSPS) is 17.8. The lowest BCUT2D eigenvalue weighted by Crippen LogP contribution is -2.70. The number of β-lactam (4-membered cyclic amide) rings is 1. The number of nitrogens with zero attached hydrogens (tertiary/aromatic N) is 3. The molecule has 4 amide bonds. The van der Waals surface area contributed by atoms with Crippen molar-refractivity contribution in [3.05, 3.63) is 89.6 Å². The Labute approximate surface area is 211 Å². The van der Waals surface area contributed by atoms with Crippen molar-refractivity contribution >= 4 is 29.4 Å². The predicted octanol–water partition coefficient (Wildman–Crippen LogP) is 3.87.